The minimum atomic E-state index is 0.699. The zero-order chi connectivity index (χ0) is 19.9. The van der Waals surface area contributed by atoms with Gasteiger partial charge in [-0.15, -0.1) is 5.10 Å². The lowest BCUT2D eigenvalue weighted by Gasteiger charge is -2.24. The van der Waals surface area contributed by atoms with Crippen molar-refractivity contribution in [3.8, 4) is 0 Å². The second-order valence-corrected chi connectivity index (χ2v) is 8.12. The number of fused-ring (bicyclic) bond motifs is 3. The van der Waals surface area contributed by atoms with Crippen molar-refractivity contribution in [1.29, 1.82) is 0 Å². The van der Waals surface area contributed by atoms with Crippen LogP contribution in [0.1, 0.15) is 5.56 Å². The molecule has 0 atom stereocenters. The molecule has 0 N–H and O–H groups in total. The van der Waals surface area contributed by atoms with Gasteiger partial charge in [-0.2, -0.15) is 0 Å². The van der Waals surface area contributed by atoms with Crippen LogP contribution in [0, 0.1) is 0 Å². The number of hydrogen-bond acceptors (Lipinski definition) is 5. The van der Waals surface area contributed by atoms with Crippen LogP contribution in [0.15, 0.2) is 122 Å². The summed E-state index contributed by atoms with van der Waals surface area (Å²) in [4.78, 5) is 12.1. The summed E-state index contributed by atoms with van der Waals surface area (Å²) in [5.74, 6) is 0.699. The highest BCUT2D eigenvalue weighted by Gasteiger charge is 2.21. The number of para-hydroxylation sites is 2. The molecule has 4 aromatic rings. The van der Waals surface area contributed by atoms with Gasteiger partial charge in [-0.3, -0.25) is 0 Å². The number of amidine groups is 1. The van der Waals surface area contributed by atoms with Crippen LogP contribution >= 0.6 is 11.8 Å². The summed E-state index contributed by atoms with van der Waals surface area (Å²) in [5, 5.41) is 8.70. The van der Waals surface area contributed by atoms with Crippen LogP contribution in [-0.2, 0) is 0 Å². The van der Waals surface area contributed by atoms with Crippen LogP contribution in [0.3, 0.4) is 0 Å². The summed E-state index contributed by atoms with van der Waals surface area (Å²) in [7, 11) is 0. The quantitative estimate of drug-likeness (QED) is 0.404. The Morgan fingerprint density at radius 2 is 1.37 bits per heavy atom. The van der Waals surface area contributed by atoms with E-state index in [1.54, 1.807) is 11.8 Å². The van der Waals surface area contributed by atoms with Crippen molar-refractivity contribution < 1.29 is 0 Å². The van der Waals surface area contributed by atoms with Gasteiger partial charge in [0.1, 0.15) is 0 Å². The topological polar surface area (TPSA) is 40.3 Å². The van der Waals surface area contributed by atoms with Gasteiger partial charge >= 0.3 is 0 Å². The normalized spacial score (nSPS) is 13.9. The van der Waals surface area contributed by atoms with Gasteiger partial charge in [0.25, 0.3) is 0 Å². The van der Waals surface area contributed by atoms with Crippen LogP contribution < -0.4 is 15.7 Å². The molecule has 0 aromatic heterocycles. The molecule has 2 heterocycles. The molecule has 4 aromatic carbocycles. The second kappa shape index (κ2) is 6.97. The van der Waals surface area contributed by atoms with Crippen molar-refractivity contribution in [1.82, 2.24) is 0 Å². The van der Waals surface area contributed by atoms with E-state index in [1.807, 2.05) is 65.7 Å². The first kappa shape index (κ1) is 17.2. The Morgan fingerprint density at radius 3 is 2.20 bits per heavy atom. The molecule has 2 aliphatic rings. The van der Waals surface area contributed by atoms with Gasteiger partial charge in [-0.1, -0.05) is 72.4 Å². The Balaban J connectivity index is 1.59. The van der Waals surface area contributed by atoms with E-state index in [-0.39, 0.29) is 0 Å². The summed E-state index contributed by atoms with van der Waals surface area (Å²) in [6.45, 7) is 0. The molecule has 0 spiro atoms. The third-order valence-corrected chi connectivity index (χ3v) is 6.18. The van der Waals surface area contributed by atoms with Crippen LogP contribution in [0.5, 0.6) is 0 Å². The number of hydrazone groups is 1. The largest absolute Gasteiger partial charge is 0.247 e. The van der Waals surface area contributed by atoms with Gasteiger partial charge in [0, 0.05) is 15.4 Å². The average Bonchev–Trinajstić information content (AvgIpc) is 2.82. The first-order chi connectivity index (χ1) is 14.8. The molecule has 0 saturated carbocycles. The number of anilines is 2. The van der Waals surface area contributed by atoms with Crippen molar-refractivity contribution >= 4 is 34.7 Å². The molecule has 6 rings (SSSR count). The maximum atomic E-state index is 4.91. The first-order valence-corrected chi connectivity index (χ1v) is 10.5. The predicted octanol–water partition coefficient (Wildman–Crippen LogP) is 5.24. The molecule has 30 heavy (non-hydrogen) atoms. The highest BCUT2D eigenvalue weighted by Crippen LogP contribution is 2.37. The maximum Gasteiger partial charge on any atom is 0.180 e. The molecule has 0 radical (unpaired) electrons. The van der Waals surface area contributed by atoms with Crippen LogP contribution in [0.25, 0.3) is 0 Å². The van der Waals surface area contributed by atoms with E-state index in [1.165, 1.54) is 0 Å². The summed E-state index contributed by atoms with van der Waals surface area (Å²) in [6.07, 6.45) is 0. The lowest BCUT2D eigenvalue weighted by Crippen LogP contribution is -2.29. The highest BCUT2D eigenvalue weighted by atomic mass is 32.2. The van der Waals surface area contributed by atoms with E-state index in [4.69, 9.17) is 15.1 Å². The SMILES string of the molecule is c1ccc(C2=NN(c3ccccc3)c3cc4c(cc3=N2)Sc2ccccc2N=4)cc1. The molecule has 0 bridgehead atoms. The smallest absolute Gasteiger partial charge is 0.180 e. The molecule has 2 aliphatic heterocycles. The van der Waals surface area contributed by atoms with E-state index in [0.29, 0.717) is 5.84 Å². The fourth-order valence-electron chi connectivity index (χ4n) is 3.62. The van der Waals surface area contributed by atoms with Crippen molar-refractivity contribution in [3.05, 3.63) is 113 Å². The molecule has 0 saturated heterocycles. The van der Waals surface area contributed by atoms with Crippen molar-refractivity contribution in [2.24, 2.45) is 15.1 Å². The number of nitrogens with zero attached hydrogens (tertiary/aromatic N) is 4. The number of rotatable bonds is 2. The molecule has 0 aliphatic carbocycles. The summed E-state index contributed by atoms with van der Waals surface area (Å²) in [6, 6.07) is 32.7. The van der Waals surface area contributed by atoms with E-state index in [9.17, 15) is 0 Å². The van der Waals surface area contributed by atoms with Crippen LogP contribution in [-0.4, -0.2) is 5.84 Å². The molecule has 5 heteroatoms. The maximum absolute atomic E-state index is 4.91. The molecule has 142 valence electrons. The molecule has 0 unspecified atom stereocenters. The Hall–Kier alpha value is -3.70. The zero-order valence-electron chi connectivity index (χ0n) is 15.9. The third kappa shape index (κ3) is 2.91. The minimum Gasteiger partial charge on any atom is -0.247 e. The van der Waals surface area contributed by atoms with Crippen molar-refractivity contribution in [2.75, 3.05) is 5.01 Å². The summed E-state index contributed by atoms with van der Waals surface area (Å²) < 4.78 is 0. The van der Waals surface area contributed by atoms with Crippen LogP contribution in [0.4, 0.5) is 17.1 Å². The Kier molecular flexibility index (Phi) is 3.99. The van der Waals surface area contributed by atoms with Gasteiger partial charge in [0.15, 0.2) is 5.84 Å². The fourth-order valence-corrected chi connectivity index (χ4v) is 4.60. The Bertz CT molecular complexity index is 1410. The zero-order valence-corrected chi connectivity index (χ0v) is 16.8. The third-order valence-electron chi connectivity index (χ3n) is 5.06. The Labute approximate surface area is 177 Å². The van der Waals surface area contributed by atoms with E-state index in [2.05, 4.69) is 36.4 Å². The van der Waals surface area contributed by atoms with Gasteiger partial charge < -0.3 is 0 Å². The fraction of sp³-hybridized carbons (Fsp3) is 0. The molecule has 0 fully saturated rings. The first-order valence-electron chi connectivity index (χ1n) is 9.73. The molecule has 0 amide bonds. The highest BCUT2D eigenvalue weighted by molar-refractivity contribution is 7.99. The molecular formula is C25H16N4S. The summed E-state index contributed by atoms with van der Waals surface area (Å²) >= 11 is 1.74. The lowest BCUT2D eigenvalue weighted by atomic mass is 10.2. The monoisotopic (exact) mass is 404 g/mol. The van der Waals surface area contributed by atoms with E-state index >= 15 is 0 Å². The average molecular weight is 404 g/mol. The molecular weight excluding hydrogens is 388 g/mol. The van der Waals surface area contributed by atoms with E-state index < -0.39 is 0 Å². The van der Waals surface area contributed by atoms with Gasteiger partial charge in [-0.25, -0.2) is 15.0 Å². The van der Waals surface area contributed by atoms with Gasteiger partial charge in [-0.05, 0) is 36.4 Å². The van der Waals surface area contributed by atoms with Crippen molar-refractivity contribution in [2.45, 2.75) is 9.79 Å². The number of hydrogen-bond donors (Lipinski definition) is 0. The molecule has 4 nitrogen and oxygen atoms in total. The van der Waals surface area contributed by atoms with Crippen LogP contribution in [0.2, 0.25) is 0 Å². The predicted molar refractivity (Wildman–Crippen MR) is 121 cm³/mol. The standard InChI is InChI=1S/C25H16N4S/c1-3-9-17(10-4-1)25-27-20-16-24-21(26-19-13-7-8-14-23(19)30-24)15-22(20)29(28-25)18-11-5-2-6-12-18/h1-16H. The summed E-state index contributed by atoms with van der Waals surface area (Å²) in [5.41, 5.74) is 3.92. The lowest BCUT2D eigenvalue weighted by molar-refractivity contribution is 1.01. The second-order valence-electron chi connectivity index (χ2n) is 7.04. The van der Waals surface area contributed by atoms with Crippen molar-refractivity contribution in [3.63, 3.8) is 0 Å². The minimum absolute atomic E-state index is 0.699. The van der Waals surface area contributed by atoms with E-state index in [0.717, 1.165) is 43.1 Å². The van der Waals surface area contributed by atoms with Gasteiger partial charge in [0.2, 0.25) is 0 Å². The van der Waals surface area contributed by atoms with Gasteiger partial charge in [0.05, 0.1) is 27.8 Å². The number of benzene rings is 4. The Morgan fingerprint density at radius 1 is 0.633 bits per heavy atom.